The normalized spacial score (nSPS) is 17.8. The summed E-state index contributed by atoms with van der Waals surface area (Å²) >= 11 is 0. The van der Waals surface area contributed by atoms with E-state index in [-0.39, 0.29) is 18.5 Å². The van der Waals surface area contributed by atoms with Gasteiger partial charge in [-0.2, -0.15) is 0 Å². The van der Waals surface area contributed by atoms with Gasteiger partial charge in [0.15, 0.2) is 6.29 Å². The molecule has 0 aromatic carbocycles. The third-order valence-corrected chi connectivity index (χ3v) is 18.8. The monoisotopic (exact) mass is 1310 g/mol. The number of hydrogen-bond donors (Lipinski definition) is 6. The zero-order chi connectivity index (χ0) is 67.2. The van der Waals surface area contributed by atoms with E-state index in [0.717, 1.165) is 64.2 Å². The van der Waals surface area contributed by atoms with Gasteiger partial charge < -0.3 is 45.1 Å². The summed E-state index contributed by atoms with van der Waals surface area (Å²) in [6.07, 6.45) is 85.6. The number of rotatable bonds is 71. The Balaban J connectivity index is 1.88. The SMILES string of the molecule is CCCCCC/C=C/CC/C=C/C(O)C(COC1OC(CO)C(O)C(O)C1O)NC(=O)CCCCCCCCCCCCCCCCCCC/C=C\C/C=C\CCCCCCCCCCCCCCCOC(=O)CCCCCCCCC/C=C\CCCCCCCCC. The molecular formula is C82H151NO10. The molecule has 1 fully saturated rings. The molecule has 7 unspecified atom stereocenters. The summed E-state index contributed by atoms with van der Waals surface area (Å²) in [4.78, 5) is 25.2. The first-order valence-electron chi connectivity index (χ1n) is 40.1. The third-order valence-electron chi connectivity index (χ3n) is 18.8. The van der Waals surface area contributed by atoms with Crippen molar-refractivity contribution in [2.45, 2.75) is 429 Å². The van der Waals surface area contributed by atoms with Crippen molar-refractivity contribution in [2.24, 2.45) is 0 Å². The van der Waals surface area contributed by atoms with E-state index in [9.17, 15) is 35.1 Å². The number of amides is 1. The van der Waals surface area contributed by atoms with E-state index < -0.39 is 49.5 Å². The Labute approximate surface area is 573 Å². The molecule has 0 aliphatic carbocycles. The summed E-state index contributed by atoms with van der Waals surface area (Å²) < 4.78 is 16.7. The molecule has 1 aliphatic rings. The van der Waals surface area contributed by atoms with Crippen molar-refractivity contribution in [3.8, 4) is 0 Å². The number of ether oxygens (including phenoxy) is 3. The number of aliphatic hydroxyl groups is 5. The van der Waals surface area contributed by atoms with Crippen LogP contribution in [0, 0.1) is 0 Å². The van der Waals surface area contributed by atoms with Crippen LogP contribution < -0.4 is 5.32 Å². The topological polar surface area (TPSA) is 175 Å². The molecule has 11 heteroatoms. The van der Waals surface area contributed by atoms with Gasteiger partial charge in [-0.3, -0.25) is 9.59 Å². The fraction of sp³-hybridized carbons (Fsp3) is 0.854. The lowest BCUT2D eigenvalue weighted by molar-refractivity contribution is -0.302. The van der Waals surface area contributed by atoms with Gasteiger partial charge in [0.2, 0.25) is 5.91 Å². The molecule has 0 aromatic heterocycles. The Morgan fingerprint density at radius 1 is 0.398 bits per heavy atom. The standard InChI is InChI=1S/C82H151NO10/c1-3-5-7-9-11-13-15-16-17-18-41-44-47-50-54-58-62-66-70-78(87)91-71-67-63-59-55-51-48-45-42-39-37-35-33-31-29-27-25-23-21-19-20-22-24-26-28-30-32-34-36-38-40-43-46-49-53-57-61-65-69-77(86)83-74(73-92-82-81(90)80(89)79(88)76(72-84)93-82)75(85)68-64-60-56-52-14-12-10-8-6-4-2/h14,17-19,21,25,27,52,64,68,74-76,79-82,84-85,88-90H,3-13,15-16,20,22-24,26,28-51,53-63,65-67,69-73H2,1-2H3,(H,83,86)/b18-17-,21-19-,27-25-,52-14+,68-64+. The van der Waals surface area contributed by atoms with Gasteiger partial charge in [0.25, 0.3) is 0 Å². The number of carbonyl (C=O) groups excluding carboxylic acids is 2. The molecule has 0 aromatic rings. The highest BCUT2D eigenvalue weighted by Gasteiger charge is 2.44. The Morgan fingerprint density at radius 3 is 1.14 bits per heavy atom. The third kappa shape index (κ3) is 59.2. The maximum Gasteiger partial charge on any atom is 0.305 e. The van der Waals surface area contributed by atoms with E-state index in [1.807, 2.05) is 6.08 Å². The van der Waals surface area contributed by atoms with Gasteiger partial charge in [0.1, 0.15) is 24.4 Å². The van der Waals surface area contributed by atoms with Crippen LogP contribution in [0.2, 0.25) is 0 Å². The minimum Gasteiger partial charge on any atom is -0.466 e. The van der Waals surface area contributed by atoms with Crippen LogP contribution in [0.4, 0.5) is 0 Å². The molecule has 1 aliphatic heterocycles. The van der Waals surface area contributed by atoms with Crippen molar-refractivity contribution >= 4 is 11.9 Å². The molecule has 7 atom stereocenters. The number of hydrogen-bond acceptors (Lipinski definition) is 10. The van der Waals surface area contributed by atoms with Crippen molar-refractivity contribution in [3.05, 3.63) is 60.8 Å². The van der Waals surface area contributed by atoms with E-state index in [1.54, 1.807) is 6.08 Å². The zero-order valence-corrected chi connectivity index (χ0v) is 60.7. The molecule has 11 nitrogen and oxygen atoms in total. The molecule has 93 heavy (non-hydrogen) atoms. The van der Waals surface area contributed by atoms with E-state index in [2.05, 4.69) is 67.8 Å². The van der Waals surface area contributed by atoms with Crippen LogP contribution in [0.15, 0.2) is 60.8 Å². The summed E-state index contributed by atoms with van der Waals surface area (Å²) in [6, 6.07) is -0.825. The minimum atomic E-state index is -1.58. The number of nitrogens with one attached hydrogen (secondary N) is 1. The number of carbonyl (C=O) groups is 2. The predicted molar refractivity (Wildman–Crippen MR) is 393 cm³/mol. The lowest BCUT2D eigenvalue weighted by Gasteiger charge is -2.40. The van der Waals surface area contributed by atoms with Gasteiger partial charge in [-0.05, 0) is 103 Å². The molecule has 1 amide bonds. The summed E-state index contributed by atoms with van der Waals surface area (Å²) in [6.45, 7) is 4.33. The van der Waals surface area contributed by atoms with Crippen molar-refractivity contribution in [3.63, 3.8) is 0 Å². The lowest BCUT2D eigenvalue weighted by atomic mass is 9.99. The summed E-state index contributed by atoms with van der Waals surface area (Å²) in [7, 11) is 0. The molecule has 544 valence electrons. The summed E-state index contributed by atoms with van der Waals surface area (Å²) in [5.74, 6) is -0.180. The second-order valence-corrected chi connectivity index (χ2v) is 27.7. The lowest BCUT2D eigenvalue weighted by Crippen LogP contribution is -2.60. The Bertz CT molecular complexity index is 1730. The van der Waals surface area contributed by atoms with Crippen molar-refractivity contribution < 1.29 is 49.3 Å². The fourth-order valence-electron chi connectivity index (χ4n) is 12.5. The van der Waals surface area contributed by atoms with Crippen molar-refractivity contribution in [1.29, 1.82) is 0 Å². The van der Waals surface area contributed by atoms with Gasteiger partial charge in [-0.15, -0.1) is 0 Å². The van der Waals surface area contributed by atoms with E-state index in [1.165, 1.54) is 295 Å². The first-order chi connectivity index (χ1) is 45.7. The maximum atomic E-state index is 13.0. The second kappa shape index (κ2) is 70.7. The molecule has 0 radical (unpaired) electrons. The summed E-state index contributed by atoms with van der Waals surface area (Å²) in [5.41, 5.74) is 0. The molecule has 0 spiro atoms. The van der Waals surface area contributed by atoms with Gasteiger partial charge in [-0.1, -0.05) is 331 Å². The van der Waals surface area contributed by atoms with Crippen LogP contribution in [0.3, 0.4) is 0 Å². The van der Waals surface area contributed by atoms with E-state index >= 15 is 0 Å². The van der Waals surface area contributed by atoms with Crippen LogP contribution in [0.1, 0.15) is 386 Å². The smallest absolute Gasteiger partial charge is 0.305 e. The Morgan fingerprint density at radius 2 is 0.731 bits per heavy atom. The number of esters is 1. The van der Waals surface area contributed by atoms with Crippen LogP contribution in [-0.2, 0) is 23.8 Å². The van der Waals surface area contributed by atoms with Gasteiger partial charge in [0.05, 0.1) is 32.0 Å². The van der Waals surface area contributed by atoms with Crippen LogP contribution in [0.25, 0.3) is 0 Å². The Kier molecular flexibility index (Phi) is 67.2. The molecule has 1 heterocycles. The molecule has 0 bridgehead atoms. The first-order valence-corrected chi connectivity index (χ1v) is 40.1. The van der Waals surface area contributed by atoms with Crippen LogP contribution in [-0.4, -0.2) is 100 Å². The van der Waals surface area contributed by atoms with Gasteiger partial charge in [0, 0.05) is 12.8 Å². The highest BCUT2D eigenvalue weighted by molar-refractivity contribution is 5.76. The van der Waals surface area contributed by atoms with Crippen molar-refractivity contribution in [2.75, 3.05) is 19.8 Å². The van der Waals surface area contributed by atoms with Crippen LogP contribution >= 0.6 is 0 Å². The largest absolute Gasteiger partial charge is 0.466 e. The molecule has 1 saturated heterocycles. The van der Waals surface area contributed by atoms with E-state index in [4.69, 9.17) is 14.2 Å². The number of allylic oxidation sites excluding steroid dienone is 9. The minimum absolute atomic E-state index is 0.00974. The maximum absolute atomic E-state index is 13.0. The van der Waals surface area contributed by atoms with Crippen molar-refractivity contribution in [1.82, 2.24) is 5.32 Å². The molecule has 6 N–H and O–H groups in total. The summed E-state index contributed by atoms with van der Waals surface area (Å²) in [5, 5.41) is 54.4. The number of aliphatic hydroxyl groups excluding tert-OH is 5. The molecule has 0 saturated carbocycles. The average Bonchev–Trinajstić information content (AvgIpc) is 0.939. The predicted octanol–water partition coefficient (Wildman–Crippen LogP) is 21.6. The first kappa shape index (κ1) is 88.4. The second-order valence-electron chi connectivity index (χ2n) is 27.7. The quantitative estimate of drug-likeness (QED) is 0.0195. The van der Waals surface area contributed by atoms with E-state index in [0.29, 0.717) is 19.4 Å². The highest BCUT2D eigenvalue weighted by atomic mass is 16.7. The molecular weight excluding hydrogens is 1160 g/mol. The number of unbranched alkanes of at least 4 members (excludes halogenated alkanes) is 49. The van der Waals surface area contributed by atoms with Gasteiger partial charge in [-0.25, -0.2) is 0 Å². The van der Waals surface area contributed by atoms with Crippen LogP contribution in [0.5, 0.6) is 0 Å². The zero-order valence-electron chi connectivity index (χ0n) is 60.7. The highest BCUT2D eigenvalue weighted by Crippen LogP contribution is 2.24. The average molecular weight is 1310 g/mol. The Hall–Kier alpha value is -2.64. The molecule has 1 rings (SSSR count). The van der Waals surface area contributed by atoms with Gasteiger partial charge >= 0.3 is 5.97 Å². The fourth-order valence-corrected chi connectivity index (χ4v) is 12.5.